The minimum Gasteiger partial charge on any atom is -0.478 e. The second-order valence-corrected chi connectivity index (χ2v) is 6.56. The molecule has 1 aromatic carbocycles. The third kappa shape index (κ3) is 3.35. The SMILES string of the molecule is Nc1ncnc2c1nc(NCc1ccc(C(=O)O)cc1)n2C1CCC(CO)O1. The van der Waals surface area contributed by atoms with E-state index in [4.69, 9.17) is 15.6 Å². The minimum atomic E-state index is -0.966. The molecule has 10 nitrogen and oxygen atoms in total. The van der Waals surface area contributed by atoms with E-state index in [1.54, 1.807) is 24.3 Å². The number of carbonyl (C=O) groups is 1. The Hall–Kier alpha value is -3.24. The summed E-state index contributed by atoms with van der Waals surface area (Å²) in [6, 6.07) is 6.59. The lowest BCUT2D eigenvalue weighted by molar-refractivity contribution is -0.0197. The summed E-state index contributed by atoms with van der Waals surface area (Å²) in [4.78, 5) is 23.8. The number of anilines is 2. The summed E-state index contributed by atoms with van der Waals surface area (Å²) < 4.78 is 7.73. The lowest BCUT2D eigenvalue weighted by atomic mass is 10.1. The molecule has 0 radical (unpaired) electrons. The van der Waals surface area contributed by atoms with E-state index >= 15 is 0 Å². The van der Waals surface area contributed by atoms with Crippen molar-refractivity contribution in [2.75, 3.05) is 17.7 Å². The number of carboxylic acid groups (broad SMARTS) is 1. The molecule has 146 valence electrons. The Labute approximate surface area is 160 Å². The first-order valence-electron chi connectivity index (χ1n) is 8.87. The average Bonchev–Trinajstić information content (AvgIpc) is 3.31. The molecular weight excluding hydrogens is 364 g/mol. The van der Waals surface area contributed by atoms with Crippen LogP contribution in [0.2, 0.25) is 0 Å². The van der Waals surface area contributed by atoms with Gasteiger partial charge in [0.2, 0.25) is 5.95 Å². The minimum absolute atomic E-state index is 0.0427. The van der Waals surface area contributed by atoms with Gasteiger partial charge in [-0.05, 0) is 30.5 Å². The van der Waals surface area contributed by atoms with Crippen molar-refractivity contribution in [2.24, 2.45) is 0 Å². The van der Waals surface area contributed by atoms with E-state index in [-0.39, 0.29) is 30.3 Å². The highest BCUT2D eigenvalue weighted by atomic mass is 16.5. The van der Waals surface area contributed by atoms with Crippen molar-refractivity contribution < 1.29 is 19.7 Å². The fourth-order valence-electron chi connectivity index (χ4n) is 3.28. The van der Waals surface area contributed by atoms with Gasteiger partial charge in [0.05, 0.1) is 18.3 Å². The van der Waals surface area contributed by atoms with Gasteiger partial charge < -0.3 is 26.0 Å². The fraction of sp³-hybridized carbons (Fsp3) is 0.333. The number of carboxylic acids is 1. The Bertz CT molecular complexity index is 1000. The molecule has 0 spiro atoms. The number of aliphatic hydroxyl groups excluding tert-OH is 1. The zero-order valence-electron chi connectivity index (χ0n) is 14.9. The van der Waals surface area contributed by atoms with Gasteiger partial charge in [-0.15, -0.1) is 0 Å². The predicted molar refractivity (Wildman–Crippen MR) is 101 cm³/mol. The first-order valence-corrected chi connectivity index (χ1v) is 8.87. The van der Waals surface area contributed by atoms with E-state index in [0.29, 0.717) is 30.1 Å². The molecule has 0 saturated carbocycles. The molecule has 3 aromatic rings. The number of fused-ring (bicyclic) bond motifs is 1. The second-order valence-electron chi connectivity index (χ2n) is 6.56. The first kappa shape index (κ1) is 18.1. The van der Waals surface area contributed by atoms with Crippen LogP contribution in [0, 0.1) is 0 Å². The highest BCUT2D eigenvalue weighted by Crippen LogP contribution is 2.34. The van der Waals surface area contributed by atoms with Crippen molar-refractivity contribution >= 4 is 28.9 Å². The molecule has 28 heavy (non-hydrogen) atoms. The summed E-state index contributed by atoms with van der Waals surface area (Å²) in [5, 5.41) is 21.6. The molecular formula is C18H20N6O4. The van der Waals surface area contributed by atoms with Gasteiger partial charge in [-0.3, -0.25) is 4.57 Å². The zero-order valence-corrected chi connectivity index (χ0v) is 14.9. The monoisotopic (exact) mass is 384 g/mol. The number of ether oxygens (including phenoxy) is 1. The average molecular weight is 384 g/mol. The Morgan fingerprint density at radius 3 is 2.75 bits per heavy atom. The van der Waals surface area contributed by atoms with Crippen LogP contribution in [0.25, 0.3) is 11.2 Å². The number of aromatic carboxylic acids is 1. The summed E-state index contributed by atoms with van der Waals surface area (Å²) >= 11 is 0. The van der Waals surface area contributed by atoms with Gasteiger partial charge in [-0.25, -0.2) is 19.7 Å². The Morgan fingerprint density at radius 2 is 2.07 bits per heavy atom. The number of aromatic nitrogens is 4. The van der Waals surface area contributed by atoms with E-state index < -0.39 is 5.97 Å². The maximum Gasteiger partial charge on any atom is 0.335 e. The van der Waals surface area contributed by atoms with Crippen LogP contribution in [-0.2, 0) is 11.3 Å². The Morgan fingerprint density at radius 1 is 1.29 bits per heavy atom. The number of nitrogens with one attached hydrogen (secondary N) is 1. The molecule has 1 aliphatic heterocycles. The van der Waals surface area contributed by atoms with E-state index in [9.17, 15) is 9.90 Å². The molecule has 0 aliphatic carbocycles. The molecule has 2 aromatic heterocycles. The molecule has 1 fully saturated rings. The molecule has 3 heterocycles. The molecule has 10 heteroatoms. The molecule has 1 aliphatic rings. The van der Waals surface area contributed by atoms with Gasteiger partial charge in [-0.1, -0.05) is 12.1 Å². The number of imidazole rings is 1. The quantitative estimate of drug-likeness (QED) is 0.494. The van der Waals surface area contributed by atoms with E-state index in [0.717, 1.165) is 12.0 Å². The Balaban J connectivity index is 1.63. The molecule has 1 saturated heterocycles. The lowest BCUT2D eigenvalue weighted by Gasteiger charge is -2.17. The summed E-state index contributed by atoms with van der Waals surface area (Å²) in [5.41, 5.74) is 8.10. The number of benzene rings is 1. The number of hydrogen-bond acceptors (Lipinski definition) is 8. The topological polar surface area (TPSA) is 148 Å². The van der Waals surface area contributed by atoms with Crippen molar-refractivity contribution in [2.45, 2.75) is 31.7 Å². The number of nitrogen functional groups attached to an aromatic ring is 1. The third-order valence-corrected chi connectivity index (χ3v) is 4.73. The first-order chi connectivity index (χ1) is 13.6. The van der Waals surface area contributed by atoms with E-state index in [1.807, 2.05) is 4.57 Å². The molecule has 2 atom stereocenters. The Kier molecular flexibility index (Phi) is 4.80. The van der Waals surface area contributed by atoms with Gasteiger partial charge in [0.15, 0.2) is 17.0 Å². The van der Waals surface area contributed by atoms with Crippen molar-refractivity contribution in [1.82, 2.24) is 19.5 Å². The normalized spacial score (nSPS) is 19.2. The number of nitrogens with two attached hydrogens (primary N) is 1. The van der Waals surface area contributed by atoms with Crippen LogP contribution in [0.1, 0.15) is 35.0 Å². The highest BCUT2D eigenvalue weighted by Gasteiger charge is 2.30. The number of nitrogens with zero attached hydrogens (tertiary/aromatic N) is 4. The van der Waals surface area contributed by atoms with Crippen LogP contribution in [0.3, 0.4) is 0 Å². The van der Waals surface area contributed by atoms with Crippen molar-refractivity contribution in [1.29, 1.82) is 0 Å². The summed E-state index contributed by atoms with van der Waals surface area (Å²) in [5.74, 6) is -0.172. The molecule has 2 unspecified atom stereocenters. The number of hydrogen-bond donors (Lipinski definition) is 4. The van der Waals surface area contributed by atoms with Gasteiger partial charge >= 0.3 is 5.97 Å². The van der Waals surface area contributed by atoms with Crippen LogP contribution >= 0.6 is 0 Å². The summed E-state index contributed by atoms with van der Waals surface area (Å²) in [6.45, 7) is 0.381. The van der Waals surface area contributed by atoms with Crippen LogP contribution in [0.15, 0.2) is 30.6 Å². The standard InChI is InChI=1S/C18H20N6O4/c19-15-14-16(22-9-21-15)24(13-6-5-12(8-25)28-13)18(23-14)20-7-10-1-3-11(4-2-10)17(26)27/h1-4,9,12-13,25H,5-8H2,(H,20,23)(H,26,27)(H2,19,21,22). The number of aliphatic hydroxyl groups is 1. The van der Waals surface area contributed by atoms with E-state index in [1.165, 1.54) is 6.33 Å². The van der Waals surface area contributed by atoms with Crippen LogP contribution in [0.4, 0.5) is 11.8 Å². The largest absolute Gasteiger partial charge is 0.478 e. The third-order valence-electron chi connectivity index (χ3n) is 4.73. The predicted octanol–water partition coefficient (Wildman–Crippen LogP) is 1.39. The molecule has 5 N–H and O–H groups in total. The van der Waals surface area contributed by atoms with Crippen LogP contribution in [-0.4, -0.2) is 48.4 Å². The summed E-state index contributed by atoms with van der Waals surface area (Å²) in [6.07, 6.45) is 2.27. The van der Waals surface area contributed by atoms with Gasteiger partial charge in [-0.2, -0.15) is 0 Å². The van der Waals surface area contributed by atoms with E-state index in [2.05, 4.69) is 20.3 Å². The lowest BCUT2D eigenvalue weighted by Crippen LogP contribution is -2.17. The van der Waals surface area contributed by atoms with Gasteiger partial charge in [0, 0.05) is 6.54 Å². The maximum atomic E-state index is 11.0. The summed E-state index contributed by atoms with van der Waals surface area (Å²) in [7, 11) is 0. The van der Waals surface area contributed by atoms with Gasteiger partial charge in [0.1, 0.15) is 12.6 Å². The van der Waals surface area contributed by atoms with Crippen molar-refractivity contribution in [3.63, 3.8) is 0 Å². The zero-order chi connectivity index (χ0) is 19.7. The van der Waals surface area contributed by atoms with Crippen molar-refractivity contribution in [3.05, 3.63) is 41.7 Å². The van der Waals surface area contributed by atoms with Crippen LogP contribution in [0.5, 0.6) is 0 Å². The second kappa shape index (κ2) is 7.41. The number of rotatable bonds is 6. The molecule has 0 amide bonds. The highest BCUT2D eigenvalue weighted by molar-refractivity contribution is 5.87. The molecule has 0 bridgehead atoms. The van der Waals surface area contributed by atoms with Gasteiger partial charge in [0.25, 0.3) is 0 Å². The van der Waals surface area contributed by atoms with Crippen LogP contribution < -0.4 is 11.1 Å². The smallest absolute Gasteiger partial charge is 0.335 e. The maximum absolute atomic E-state index is 11.0. The molecule has 4 rings (SSSR count). The fourth-order valence-corrected chi connectivity index (χ4v) is 3.28. The van der Waals surface area contributed by atoms with Crippen molar-refractivity contribution in [3.8, 4) is 0 Å².